The SMILES string of the molecule is COc1cc(CNC(C)(C)C)cc(Br)c1OCCN(C)C. The number of ether oxygens (including phenoxy) is 2. The molecule has 0 aliphatic heterocycles. The van der Waals surface area contributed by atoms with Crippen molar-refractivity contribution in [1.82, 2.24) is 10.2 Å². The Labute approximate surface area is 136 Å². The molecule has 21 heavy (non-hydrogen) atoms. The lowest BCUT2D eigenvalue weighted by atomic mass is 10.1. The standard InChI is InChI=1S/C16H27BrN2O2/c1-16(2,3)18-11-12-9-13(17)15(14(10-12)20-6)21-8-7-19(4)5/h9-10,18H,7-8,11H2,1-6H3. The number of halogens is 1. The minimum Gasteiger partial charge on any atom is -0.493 e. The molecule has 0 spiro atoms. The Morgan fingerprint density at radius 1 is 1.24 bits per heavy atom. The molecule has 1 aromatic rings. The van der Waals surface area contributed by atoms with E-state index in [9.17, 15) is 0 Å². The number of benzene rings is 1. The first-order chi connectivity index (χ1) is 9.73. The lowest BCUT2D eigenvalue weighted by Gasteiger charge is -2.21. The summed E-state index contributed by atoms with van der Waals surface area (Å²) in [7, 11) is 5.72. The first kappa shape index (κ1) is 18.3. The van der Waals surface area contributed by atoms with E-state index in [0.29, 0.717) is 6.61 Å². The van der Waals surface area contributed by atoms with Crippen LogP contribution in [-0.4, -0.2) is 44.8 Å². The van der Waals surface area contributed by atoms with E-state index in [1.165, 1.54) is 0 Å². The van der Waals surface area contributed by atoms with E-state index in [4.69, 9.17) is 9.47 Å². The van der Waals surface area contributed by atoms with Crippen molar-refractivity contribution in [3.63, 3.8) is 0 Å². The Morgan fingerprint density at radius 2 is 1.90 bits per heavy atom. The molecule has 1 rings (SSSR count). The third-order valence-electron chi connectivity index (χ3n) is 2.90. The van der Waals surface area contributed by atoms with Gasteiger partial charge in [0.2, 0.25) is 0 Å². The molecule has 0 aliphatic rings. The van der Waals surface area contributed by atoms with Crippen LogP contribution < -0.4 is 14.8 Å². The fourth-order valence-electron chi connectivity index (χ4n) is 1.71. The molecule has 0 saturated heterocycles. The van der Waals surface area contributed by atoms with Crippen molar-refractivity contribution in [2.75, 3.05) is 34.4 Å². The van der Waals surface area contributed by atoms with Gasteiger partial charge in [-0.25, -0.2) is 0 Å². The fraction of sp³-hybridized carbons (Fsp3) is 0.625. The minimum atomic E-state index is 0.0839. The first-order valence-electron chi connectivity index (χ1n) is 7.12. The Kier molecular flexibility index (Phi) is 6.97. The molecule has 4 nitrogen and oxygen atoms in total. The molecule has 0 saturated carbocycles. The summed E-state index contributed by atoms with van der Waals surface area (Å²) >= 11 is 3.58. The Balaban J connectivity index is 2.81. The highest BCUT2D eigenvalue weighted by atomic mass is 79.9. The van der Waals surface area contributed by atoms with Crippen molar-refractivity contribution >= 4 is 15.9 Å². The number of nitrogens with zero attached hydrogens (tertiary/aromatic N) is 1. The number of nitrogens with one attached hydrogen (secondary N) is 1. The van der Waals surface area contributed by atoms with Crippen LogP contribution in [0, 0.1) is 0 Å². The molecule has 0 aromatic heterocycles. The molecule has 0 unspecified atom stereocenters. The molecule has 0 radical (unpaired) electrons. The molecule has 1 N–H and O–H groups in total. The zero-order chi connectivity index (χ0) is 16.0. The monoisotopic (exact) mass is 358 g/mol. The van der Waals surface area contributed by atoms with Crippen LogP contribution in [0.5, 0.6) is 11.5 Å². The maximum absolute atomic E-state index is 5.84. The summed E-state index contributed by atoms with van der Waals surface area (Å²) < 4.78 is 12.2. The zero-order valence-corrected chi connectivity index (χ0v) is 15.5. The van der Waals surface area contributed by atoms with Crippen LogP contribution >= 0.6 is 15.9 Å². The molecule has 0 bridgehead atoms. The third-order valence-corrected chi connectivity index (χ3v) is 3.49. The van der Waals surface area contributed by atoms with Crippen molar-refractivity contribution in [2.24, 2.45) is 0 Å². The van der Waals surface area contributed by atoms with Crippen molar-refractivity contribution in [2.45, 2.75) is 32.9 Å². The van der Waals surface area contributed by atoms with Gasteiger partial charge in [-0.05, 0) is 68.5 Å². The second-order valence-corrected chi connectivity index (χ2v) is 7.22. The predicted molar refractivity (Wildman–Crippen MR) is 91.3 cm³/mol. The van der Waals surface area contributed by atoms with Crippen LogP contribution in [0.3, 0.4) is 0 Å². The maximum atomic E-state index is 5.84. The second-order valence-electron chi connectivity index (χ2n) is 6.36. The van der Waals surface area contributed by atoms with E-state index in [1.807, 2.05) is 20.2 Å². The van der Waals surface area contributed by atoms with Gasteiger partial charge in [0, 0.05) is 18.6 Å². The van der Waals surface area contributed by atoms with Crippen LogP contribution in [0.25, 0.3) is 0 Å². The topological polar surface area (TPSA) is 33.7 Å². The lowest BCUT2D eigenvalue weighted by Crippen LogP contribution is -2.35. The van der Waals surface area contributed by atoms with Crippen LogP contribution in [0.2, 0.25) is 0 Å². The van der Waals surface area contributed by atoms with Gasteiger partial charge < -0.3 is 19.7 Å². The van der Waals surface area contributed by atoms with E-state index in [0.717, 1.165) is 34.6 Å². The molecule has 5 heteroatoms. The Hall–Kier alpha value is -0.780. The number of hydrogen-bond donors (Lipinski definition) is 1. The maximum Gasteiger partial charge on any atom is 0.175 e. The van der Waals surface area contributed by atoms with Gasteiger partial charge in [-0.3, -0.25) is 0 Å². The summed E-state index contributed by atoms with van der Waals surface area (Å²) in [6.07, 6.45) is 0. The van der Waals surface area contributed by atoms with E-state index in [2.05, 4.69) is 53.0 Å². The molecule has 0 aliphatic carbocycles. The average Bonchev–Trinajstić information content (AvgIpc) is 2.37. The third kappa shape index (κ3) is 6.68. The highest BCUT2D eigenvalue weighted by Crippen LogP contribution is 2.36. The summed E-state index contributed by atoms with van der Waals surface area (Å²) in [5.74, 6) is 1.52. The molecule has 0 fully saturated rings. The van der Waals surface area contributed by atoms with Crippen LogP contribution in [0.15, 0.2) is 16.6 Å². The number of rotatable bonds is 7. The van der Waals surface area contributed by atoms with Gasteiger partial charge in [0.1, 0.15) is 6.61 Å². The van der Waals surface area contributed by atoms with Gasteiger partial charge in [0.05, 0.1) is 11.6 Å². The summed E-state index contributed by atoms with van der Waals surface area (Å²) in [4.78, 5) is 2.09. The van der Waals surface area contributed by atoms with E-state index in [1.54, 1.807) is 7.11 Å². The van der Waals surface area contributed by atoms with Crippen molar-refractivity contribution in [3.05, 3.63) is 22.2 Å². The molecule has 0 heterocycles. The van der Waals surface area contributed by atoms with Gasteiger partial charge in [0.25, 0.3) is 0 Å². The molecule has 120 valence electrons. The van der Waals surface area contributed by atoms with Crippen LogP contribution in [0.4, 0.5) is 0 Å². The normalized spacial score (nSPS) is 11.8. The molecule has 0 amide bonds. The minimum absolute atomic E-state index is 0.0839. The van der Waals surface area contributed by atoms with E-state index < -0.39 is 0 Å². The second kappa shape index (κ2) is 8.01. The quantitative estimate of drug-likeness (QED) is 0.810. The zero-order valence-electron chi connectivity index (χ0n) is 13.9. The van der Waals surface area contributed by atoms with Gasteiger partial charge in [-0.2, -0.15) is 0 Å². The van der Waals surface area contributed by atoms with E-state index in [-0.39, 0.29) is 5.54 Å². The van der Waals surface area contributed by atoms with Crippen molar-refractivity contribution in [1.29, 1.82) is 0 Å². The smallest absolute Gasteiger partial charge is 0.175 e. The molecule has 0 atom stereocenters. The number of hydrogen-bond acceptors (Lipinski definition) is 4. The molecular weight excluding hydrogens is 332 g/mol. The van der Waals surface area contributed by atoms with Gasteiger partial charge in [-0.15, -0.1) is 0 Å². The largest absolute Gasteiger partial charge is 0.493 e. The predicted octanol–water partition coefficient (Wildman–Crippen LogP) is 3.29. The summed E-state index contributed by atoms with van der Waals surface area (Å²) in [6, 6.07) is 4.10. The number of likely N-dealkylation sites (N-methyl/N-ethyl adjacent to an activating group) is 1. The van der Waals surface area contributed by atoms with Crippen LogP contribution in [-0.2, 0) is 6.54 Å². The highest BCUT2D eigenvalue weighted by Gasteiger charge is 2.14. The summed E-state index contributed by atoms with van der Waals surface area (Å²) in [5, 5.41) is 3.47. The fourth-order valence-corrected chi connectivity index (χ4v) is 2.32. The molecular formula is C16H27BrN2O2. The number of methoxy groups -OCH3 is 1. The lowest BCUT2D eigenvalue weighted by molar-refractivity contribution is 0.249. The summed E-state index contributed by atoms with van der Waals surface area (Å²) in [6.45, 7) is 8.73. The highest BCUT2D eigenvalue weighted by molar-refractivity contribution is 9.10. The average molecular weight is 359 g/mol. The first-order valence-corrected chi connectivity index (χ1v) is 7.91. The van der Waals surface area contributed by atoms with Crippen LogP contribution in [0.1, 0.15) is 26.3 Å². The van der Waals surface area contributed by atoms with Crippen molar-refractivity contribution in [3.8, 4) is 11.5 Å². The van der Waals surface area contributed by atoms with Gasteiger partial charge in [0.15, 0.2) is 11.5 Å². The van der Waals surface area contributed by atoms with Crippen molar-refractivity contribution < 1.29 is 9.47 Å². The molecule has 1 aromatic carbocycles. The Morgan fingerprint density at radius 3 is 2.43 bits per heavy atom. The van der Waals surface area contributed by atoms with Gasteiger partial charge >= 0.3 is 0 Å². The van der Waals surface area contributed by atoms with E-state index >= 15 is 0 Å². The Bertz CT molecular complexity index is 456. The summed E-state index contributed by atoms with van der Waals surface area (Å²) in [5.41, 5.74) is 1.24. The van der Waals surface area contributed by atoms with Gasteiger partial charge in [-0.1, -0.05) is 0 Å².